The van der Waals surface area contributed by atoms with E-state index in [1.165, 1.54) is 6.42 Å². The number of carbonyl (C=O) groups is 5. The number of aliphatic hydroxyl groups is 2. The van der Waals surface area contributed by atoms with Crippen LogP contribution in [0.25, 0.3) is 0 Å². The van der Waals surface area contributed by atoms with Crippen LogP contribution in [0.1, 0.15) is 98.8 Å². The fourth-order valence-electron chi connectivity index (χ4n) is 8.78. The fourth-order valence-corrected chi connectivity index (χ4v) is 8.78. The van der Waals surface area contributed by atoms with Crippen LogP contribution in [0.3, 0.4) is 0 Å². The molecular weight excluding hydrogens is 612 g/mol. The maximum atomic E-state index is 14.3. The second-order valence-corrected chi connectivity index (χ2v) is 15.2. The number of ether oxygens (including phenoxy) is 5. The molecule has 5 atom stereocenters. The summed E-state index contributed by atoms with van der Waals surface area (Å²) in [5.74, 6) is -3.08. The van der Waals surface area contributed by atoms with Crippen molar-refractivity contribution in [3.63, 3.8) is 0 Å². The summed E-state index contributed by atoms with van der Waals surface area (Å²) in [7, 11) is 0. The number of aliphatic hydroxyl groups excluding tert-OH is 2. The zero-order valence-corrected chi connectivity index (χ0v) is 28.6. The molecule has 1 heterocycles. The topological polar surface area (TPSA) is 172 Å². The average molecular weight is 667 g/mol. The quantitative estimate of drug-likeness (QED) is 0.171. The van der Waals surface area contributed by atoms with Gasteiger partial charge >= 0.3 is 29.8 Å². The summed E-state index contributed by atoms with van der Waals surface area (Å²) < 4.78 is 27.5. The summed E-state index contributed by atoms with van der Waals surface area (Å²) in [6, 6.07) is 0. The second kappa shape index (κ2) is 15.2. The lowest BCUT2D eigenvalue weighted by Gasteiger charge is -2.59. The predicted octanol–water partition coefficient (Wildman–Crippen LogP) is 3.52. The Kier molecular flexibility index (Phi) is 12.0. The van der Waals surface area contributed by atoms with E-state index in [9.17, 15) is 29.1 Å². The van der Waals surface area contributed by atoms with Crippen LogP contribution in [-0.2, 0) is 47.7 Å². The van der Waals surface area contributed by atoms with Gasteiger partial charge in [-0.3, -0.25) is 19.2 Å². The van der Waals surface area contributed by atoms with Gasteiger partial charge in [-0.15, -0.1) is 0 Å². The Morgan fingerprint density at radius 1 is 0.915 bits per heavy atom. The van der Waals surface area contributed by atoms with Crippen LogP contribution in [0.4, 0.5) is 0 Å². The van der Waals surface area contributed by atoms with E-state index in [1.54, 1.807) is 20.8 Å². The van der Waals surface area contributed by atoms with Crippen molar-refractivity contribution in [3.05, 3.63) is 0 Å². The largest absolute Gasteiger partial charge is 0.463 e. The van der Waals surface area contributed by atoms with Crippen molar-refractivity contribution < 1.29 is 57.9 Å². The molecule has 0 aromatic carbocycles. The first-order valence-corrected chi connectivity index (χ1v) is 17.3. The molecule has 4 saturated carbocycles. The fraction of sp³-hybridized carbons (Fsp3) is 0.857. The first kappa shape index (κ1) is 37.1. The van der Waals surface area contributed by atoms with E-state index in [1.807, 2.05) is 6.92 Å². The van der Waals surface area contributed by atoms with Crippen molar-refractivity contribution in [2.45, 2.75) is 111 Å². The number of hydrogen-bond acceptors (Lipinski definition) is 12. The van der Waals surface area contributed by atoms with Gasteiger partial charge in [-0.25, -0.2) is 4.79 Å². The Labute approximate surface area is 277 Å². The van der Waals surface area contributed by atoms with Gasteiger partial charge in [-0.2, -0.15) is 0 Å². The molecule has 1 aliphatic heterocycles. The molecule has 5 aliphatic rings. The Bertz CT molecular complexity index is 1140. The molecule has 4 aliphatic carbocycles. The number of esters is 5. The normalized spacial score (nSPS) is 31.6. The number of hydrogen-bond donors (Lipinski definition) is 2. The van der Waals surface area contributed by atoms with Crippen molar-refractivity contribution in [1.29, 1.82) is 0 Å². The third-order valence-corrected chi connectivity index (χ3v) is 11.5. The highest BCUT2D eigenvalue weighted by molar-refractivity contribution is 5.85. The Morgan fingerprint density at radius 3 is 2.00 bits per heavy atom. The summed E-state index contributed by atoms with van der Waals surface area (Å²) >= 11 is 0. The van der Waals surface area contributed by atoms with Crippen molar-refractivity contribution in [2.75, 3.05) is 33.0 Å². The summed E-state index contributed by atoms with van der Waals surface area (Å²) in [5.41, 5.74) is -3.26. The summed E-state index contributed by atoms with van der Waals surface area (Å²) in [6.45, 7) is 7.69. The van der Waals surface area contributed by atoms with E-state index >= 15 is 0 Å². The van der Waals surface area contributed by atoms with Crippen molar-refractivity contribution >= 4 is 29.8 Å². The minimum atomic E-state index is -1.50. The van der Waals surface area contributed by atoms with Crippen molar-refractivity contribution in [1.82, 2.24) is 0 Å². The highest BCUT2D eigenvalue weighted by Crippen LogP contribution is 2.60. The zero-order valence-electron chi connectivity index (χ0n) is 28.6. The number of rotatable bonds is 17. The zero-order chi connectivity index (χ0) is 34.6. The molecule has 0 amide bonds. The summed E-state index contributed by atoms with van der Waals surface area (Å²) in [5, 5.41) is 18.4. The number of carbonyl (C=O) groups excluding carboxylic acids is 5. The van der Waals surface area contributed by atoms with Crippen LogP contribution in [0.5, 0.6) is 0 Å². The van der Waals surface area contributed by atoms with Gasteiger partial charge in [0.2, 0.25) is 6.10 Å². The first-order chi connectivity index (χ1) is 22.2. The highest BCUT2D eigenvalue weighted by Gasteiger charge is 2.58. The van der Waals surface area contributed by atoms with Gasteiger partial charge in [0.15, 0.2) is 0 Å². The third-order valence-electron chi connectivity index (χ3n) is 11.5. The SMILES string of the molecule is CCC(C)(CC(C)(CC(CC(C)C(=O)OCCO)C(=O)OCCO)C(=O)OC1CCOC1=O)C(=O)OC1(C)C2CC3CC(C2)CC1C3. The van der Waals surface area contributed by atoms with E-state index in [2.05, 4.69) is 6.92 Å². The molecule has 12 nitrogen and oxygen atoms in total. The van der Waals surface area contributed by atoms with Crippen LogP contribution in [0.2, 0.25) is 0 Å². The molecule has 2 N–H and O–H groups in total. The van der Waals surface area contributed by atoms with Crippen molar-refractivity contribution in [2.24, 2.45) is 46.3 Å². The molecular formula is C35H54O12. The molecule has 0 radical (unpaired) electrons. The van der Waals surface area contributed by atoms with Gasteiger partial charge in [-0.05, 0) is 102 Å². The third kappa shape index (κ3) is 8.29. The number of cyclic esters (lactones) is 1. The van der Waals surface area contributed by atoms with E-state index in [4.69, 9.17) is 28.8 Å². The minimum Gasteiger partial charge on any atom is -0.463 e. The summed E-state index contributed by atoms with van der Waals surface area (Å²) in [4.78, 5) is 66.6. The van der Waals surface area contributed by atoms with E-state index in [-0.39, 0.29) is 52.1 Å². The van der Waals surface area contributed by atoms with Crippen LogP contribution >= 0.6 is 0 Å². The molecule has 0 aromatic heterocycles. The van der Waals surface area contributed by atoms with E-state index < -0.39 is 70.8 Å². The molecule has 5 rings (SSSR count). The molecule has 266 valence electrons. The molecule has 5 unspecified atom stereocenters. The van der Waals surface area contributed by atoms with Crippen molar-refractivity contribution in [3.8, 4) is 0 Å². The monoisotopic (exact) mass is 666 g/mol. The maximum Gasteiger partial charge on any atom is 0.347 e. The lowest BCUT2D eigenvalue weighted by atomic mass is 9.50. The molecule has 5 fully saturated rings. The molecule has 0 spiro atoms. The Morgan fingerprint density at radius 2 is 1.49 bits per heavy atom. The Hall–Kier alpha value is -2.73. The standard InChI is InChI=1S/C35H54O12/c1-6-33(3,32(42)47-35(5)25-15-22-14-23(17-25)18-26(35)16-22)20-34(4,31(41)46-27-7-10-43-30(27)40)19-24(29(39)45-12-9-37)13-21(2)28(38)44-11-8-36/h21-27,36-37H,6-20H2,1-5H3. The highest BCUT2D eigenvalue weighted by atomic mass is 16.6. The smallest absolute Gasteiger partial charge is 0.347 e. The lowest BCUT2D eigenvalue weighted by Crippen LogP contribution is -2.59. The molecule has 4 bridgehead atoms. The average Bonchev–Trinajstić information content (AvgIpc) is 3.43. The van der Waals surface area contributed by atoms with Gasteiger partial charge in [0.1, 0.15) is 18.8 Å². The summed E-state index contributed by atoms with van der Waals surface area (Å²) in [6.07, 6.45) is 4.58. The van der Waals surface area contributed by atoms with Gasteiger partial charge in [0.25, 0.3) is 0 Å². The first-order valence-electron chi connectivity index (χ1n) is 17.3. The minimum absolute atomic E-state index is 0.0558. The van der Waals surface area contributed by atoms with E-state index in [0.29, 0.717) is 30.1 Å². The van der Waals surface area contributed by atoms with Crippen LogP contribution < -0.4 is 0 Å². The molecule has 12 heteroatoms. The Balaban J connectivity index is 1.61. The molecule has 1 saturated heterocycles. The van der Waals surface area contributed by atoms with Gasteiger partial charge in [0, 0.05) is 6.42 Å². The maximum absolute atomic E-state index is 14.3. The molecule has 47 heavy (non-hydrogen) atoms. The van der Waals surface area contributed by atoms with Gasteiger partial charge in [-0.1, -0.05) is 13.8 Å². The van der Waals surface area contributed by atoms with E-state index in [0.717, 1.165) is 25.7 Å². The van der Waals surface area contributed by atoms with Gasteiger partial charge in [0.05, 0.1) is 42.5 Å². The predicted molar refractivity (Wildman–Crippen MR) is 166 cm³/mol. The van der Waals surface area contributed by atoms with Gasteiger partial charge < -0.3 is 33.9 Å². The van der Waals surface area contributed by atoms with Crippen LogP contribution in [-0.4, -0.2) is 84.8 Å². The van der Waals surface area contributed by atoms with Crippen LogP contribution in [0, 0.1) is 46.3 Å². The molecule has 0 aromatic rings. The van der Waals surface area contributed by atoms with Crippen LogP contribution in [0.15, 0.2) is 0 Å². The second-order valence-electron chi connectivity index (χ2n) is 15.2. The lowest BCUT2D eigenvalue weighted by molar-refractivity contribution is -0.214.